The quantitative estimate of drug-likeness (QED) is 0.282. The summed E-state index contributed by atoms with van der Waals surface area (Å²) >= 11 is 0. The number of hydrogen-bond donors (Lipinski definition) is 2. The summed E-state index contributed by atoms with van der Waals surface area (Å²) in [6, 6.07) is 18.8. The summed E-state index contributed by atoms with van der Waals surface area (Å²) in [7, 11) is -2.33. The first kappa shape index (κ1) is 26.2. The van der Waals surface area contributed by atoms with Crippen molar-refractivity contribution in [1.82, 2.24) is 9.03 Å². The fourth-order valence-electron chi connectivity index (χ4n) is 3.97. The smallest absolute Gasteiger partial charge is 0.321 e. The number of piperazine rings is 1. The molecule has 9 nitrogen and oxygen atoms in total. The SMILES string of the molecule is CO/N=C/c1ccc2cc(C#Cc3ccc(N4CCN(S(=O)(=O)N[C@H](C)C(=O)O)CC4)cc3)ccc2c1. The van der Waals surface area contributed by atoms with E-state index >= 15 is 0 Å². The van der Waals surface area contributed by atoms with E-state index in [2.05, 4.69) is 26.6 Å². The van der Waals surface area contributed by atoms with Crippen LogP contribution in [0.15, 0.2) is 65.8 Å². The van der Waals surface area contributed by atoms with Gasteiger partial charge in [0, 0.05) is 43.0 Å². The molecule has 3 aromatic rings. The molecule has 0 aromatic heterocycles. The summed E-state index contributed by atoms with van der Waals surface area (Å²) in [6.45, 7) is 2.85. The van der Waals surface area contributed by atoms with E-state index < -0.39 is 22.2 Å². The second kappa shape index (κ2) is 11.4. The highest BCUT2D eigenvalue weighted by atomic mass is 32.2. The van der Waals surface area contributed by atoms with Gasteiger partial charge in [-0.25, -0.2) is 0 Å². The number of aliphatic carboxylic acids is 1. The highest BCUT2D eigenvalue weighted by Crippen LogP contribution is 2.19. The normalized spacial score (nSPS) is 15.4. The van der Waals surface area contributed by atoms with Crippen LogP contribution in [0, 0.1) is 11.8 Å². The van der Waals surface area contributed by atoms with Crippen LogP contribution in [0.1, 0.15) is 23.6 Å². The van der Waals surface area contributed by atoms with Gasteiger partial charge in [0.05, 0.1) is 6.21 Å². The van der Waals surface area contributed by atoms with Crippen LogP contribution in [0.5, 0.6) is 0 Å². The maximum Gasteiger partial charge on any atom is 0.321 e. The van der Waals surface area contributed by atoms with Crippen LogP contribution in [0.25, 0.3) is 10.8 Å². The van der Waals surface area contributed by atoms with Gasteiger partial charge in [-0.15, -0.1) is 0 Å². The van der Waals surface area contributed by atoms with Gasteiger partial charge in [-0.05, 0) is 65.7 Å². The summed E-state index contributed by atoms with van der Waals surface area (Å²) in [5.41, 5.74) is 3.73. The van der Waals surface area contributed by atoms with Crippen LogP contribution in [-0.4, -0.2) is 69.3 Å². The summed E-state index contributed by atoms with van der Waals surface area (Å²) in [5.74, 6) is 5.20. The third-order valence-corrected chi connectivity index (χ3v) is 7.73. The third-order valence-electron chi connectivity index (χ3n) is 6.03. The number of anilines is 1. The van der Waals surface area contributed by atoms with Gasteiger partial charge in [0.2, 0.25) is 0 Å². The van der Waals surface area contributed by atoms with Gasteiger partial charge in [0.25, 0.3) is 10.2 Å². The minimum atomic E-state index is -3.85. The van der Waals surface area contributed by atoms with Crippen molar-refractivity contribution in [3.05, 3.63) is 77.4 Å². The third kappa shape index (κ3) is 6.65. The van der Waals surface area contributed by atoms with Crippen molar-refractivity contribution in [3.63, 3.8) is 0 Å². The Morgan fingerprint density at radius 1 is 1.00 bits per heavy atom. The van der Waals surface area contributed by atoms with Crippen LogP contribution in [0.4, 0.5) is 5.69 Å². The second-order valence-corrected chi connectivity index (χ2v) is 10.3. The molecule has 1 aliphatic heterocycles. The molecule has 10 heteroatoms. The van der Waals surface area contributed by atoms with Crippen molar-refractivity contribution >= 4 is 38.9 Å². The van der Waals surface area contributed by atoms with Crippen molar-refractivity contribution in [2.24, 2.45) is 5.16 Å². The van der Waals surface area contributed by atoms with E-state index in [1.54, 1.807) is 6.21 Å². The van der Waals surface area contributed by atoms with Crippen molar-refractivity contribution in [2.75, 3.05) is 38.2 Å². The summed E-state index contributed by atoms with van der Waals surface area (Å²) in [6.07, 6.45) is 1.67. The lowest BCUT2D eigenvalue weighted by molar-refractivity contribution is -0.138. The molecule has 3 aromatic carbocycles. The zero-order valence-electron chi connectivity index (χ0n) is 20.6. The number of nitrogens with one attached hydrogen (secondary N) is 1. The van der Waals surface area contributed by atoms with Gasteiger partial charge in [-0.1, -0.05) is 35.2 Å². The number of carboxylic acid groups (broad SMARTS) is 1. The molecule has 2 N–H and O–H groups in total. The monoisotopic (exact) mass is 520 g/mol. The highest BCUT2D eigenvalue weighted by Gasteiger charge is 2.29. The molecule has 1 heterocycles. The van der Waals surface area contributed by atoms with Gasteiger partial charge >= 0.3 is 5.97 Å². The van der Waals surface area contributed by atoms with E-state index in [4.69, 9.17) is 9.94 Å². The Hall–Kier alpha value is -3.91. The van der Waals surface area contributed by atoms with Gasteiger partial charge in [0.15, 0.2) is 0 Å². The van der Waals surface area contributed by atoms with Gasteiger partial charge < -0.3 is 14.8 Å². The molecule has 0 amide bonds. The minimum absolute atomic E-state index is 0.270. The van der Waals surface area contributed by atoms with Crippen molar-refractivity contribution < 1.29 is 23.2 Å². The molecule has 1 saturated heterocycles. The molecule has 1 fully saturated rings. The first-order chi connectivity index (χ1) is 17.7. The molecular weight excluding hydrogens is 492 g/mol. The molecule has 0 spiro atoms. The van der Waals surface area contributed by atoms with Gasteiger partial charge in [0.1, 0.15) is 13.2 Å². The summed E-state index contributed by atoms with van der Waals surface area (Å²) in [4.78, 5) is 17.8. The molecular formula is C27H28N4O5S. The number of oxime groups is 1. The molecule has 0 unspecified atom stereocenters. The second-order valence-electron chi connectivity index (χ2n) is 8.60. The highest BCUT2D eigenvalue weighted by molar-refractivity contribution is 7.87. The van der Waals surface area contributed by atoms with Gasteiger partial charge in [-0.3, -0.25) is 4.79 Å². The average Bonchev–Trinajstić information content (AvgIpc) is 2.90. The topological polar surface area (TPSA) is 112 Å². The Bertz CT molecular complexity index is 1470. The number of rotatable bonds is 7. The fraction of sp³-hybridized carbons (Fsp3) is 0.259. The zero-order valence-corrected chi connectivity index (χ0v) is 21.4. The van der Waals surface area contributed by atoms with Crippen LogP contribution >= 0.6 is 0 Å². The minimum Gasteiger partial charge on any atom is -0.480 e. The molecule has 0 aliphatic carbocycles. The first-order valence-electron chi connectivity index (χ1n) is 11.7. The first-order valence-corrected chi connectivity index (χ1v) is 13.2. The predicted octanol–water partition coefficient (Wildman–Crippen LogP) is 2.65. The Kier molecular flexibility index (Phi) is 8.08. The fourth-order valence-corrected chi connectivity index (χ4v) is 5.31. The maximum absolute atomic E-state index is 12.4. The Morgan fingerprint density at radius 2 is 1.62 bits per heavy atom. The Balaban J connectivity index is 1.37. The molecule has 0 saturated carbocycles. The van der Waals surface area contributed by atoms with Crippen molar-refractivity contribution in [2.45, 2.75) is 13.0 Å². The lowest BCUT2D eigenvalue weighted by atomic mass is 10.0. The number of benzene rings is 3. The Labute approximate surface area is 216 Å². The summed E-state index contributed by atoms with van der Waals surface area (Å²) in [5, 5.41) is 14.9. The molecule has 1 aliphatic rings. The molecule has 37 heavy (non-hydrogen) atoms. The standard InChI is InChI=1S/C27H28N4O5S/c1-20(27(32)33)29-37(34,35)31-15-13-30(14-16-31)26-11-7-21(8-12-26)3-4-22-5-9-25-18-23(19-28-36-2)6-10-24(25)17-22/h5-12,17-20,29H,13-16H2,1-2H3,(H,32,33)/b28-19+/t20-/m1/s1. The van der Waals surface area contributed by atoms with E-state index in [0.717, 1.165) is 33.2 Å². The number of hydrogen-bond acceptors (Lipinski definition) is 6. The van der Waals surface area contributed by atoms with Crippen LogP contribution < -0.4 is 9.62 Å². The molecule has 1 atom stereocenters. The van der Waals surface area contributed by atoms with E-state index in [1.165, 1.54) is 18.3 Å². The van der Waals surface area contributed by atoms with Crippen LogP contribution in [-0.2, 0) is 19.8 Å². The largest absolute Gasteiger partial charge is 0.480 e. The van der Waals surface area contributed by atoms with Crippen LogP contribution in [0.2, 0.25) is 0 Å². The lowest BCUT2D eigenvalue weighted by Gasteiger charge is -2.35. The van der Waals surface area contributed by atoms with E-state index in [1.807, 2.05) is 60.7 Å². The number of carboxylic acids is 1. The number of fused-ring (bicyclic) bond motifs is 1. The Morgan fingerprint density at radius 3 is 2.30 bits per heavy atom. The predicted molar refractivity (Wildman–Crippen MR) is 144 cm³/mol. The van der Waals surface area contributed by atoms with E-state index in [0.29, 0.717) is 13.1 Å². The number of carbonyl (C=O) groups is 1. The molecule has 4 rings (SSSR count). The molecule has 0 bridgehead atoms. The average molecular weight is 521 g/mol. The van der Waals surface area contributed by atoms with Gasteiger partial charge in [-0.2, -0.15) is 17.4 Å². The lowest BCUT2D eigenvalue weighted by Crippen LogP contribution is -2.54. The zero-order chi connectivity index (χ0) is 26.4. The van der Waals surface area contributed by atoms with E-state index in [9.17, 15) is 13.2 Å². The van der Waals surface area contributed by atoms with E-state index in [-0.39, 0.29) is 13.1 Å². The van der Waals surface area contributed by atoms with Crippen LogP contribution in [0.3, 0.4) is 0 Å². The maximum atomic E-state index is 12.4. The van der Waals surface area contributed by atoms with Crippen molar-refractivity contribution in [3.8, 4) is 11.8 Å². The molecule has 0 radical (unpaired) electrons. The number of nitrogens with zero attached hydrogens (tertiary/aromatic N) is 3. The van der Waals surface area contributed by atoms with Crippen molar-refractivity contribution in [1.29, 1.82) is 0 Å². The molecule has 192 valence electrons. The summed E-state index contributed by atoms with van der Waals surface area (Å²) < 4.78 is 28.3.